The summed E-state index contributed by atoms with van der Waals surface area (Å²) in [4.78, 5) is 11.9. The van der Waals surface area contributed by atoms with Crippen LogP contribution in [0.5, 0.6) is 0 Å². The number of alkyl carbamates (subject to hydrolysis) is 1. The lowest BCUT2D eigenvalue weighted by molar-refractivity contribution is -0.0492. The predicted molar refractivity (Wildman–Crippen MR) is 86.1 cm³/mol. The average molecular weight is 316 g/mol. The molecule has 2 N–H and O–H groups in total. The van der Waals surface area contributed by atoms with Gasteiger partial charge in [-0.3, -0.25) is 0 Å². The van der Waals surface area contributed by atoms with E-state index < -0.39 is 5.60 Å². The third kappa shape index (κ3) is 6.10. The molecule has 1 amide bonds. The van der Waals surface area contributed by atoms with E-state index in [0.717, 1.165) is 12.8 Å². The van der Waals surface area contributed by atoms with Crippen molar-refractivity contribution >= 4 is 6.09 Å². The third-order valence-electron chi connectivity index (χ3n) is 3.69. The van der Waals surface area contributed by atoms with E-state index in [1.54, 1.807) is 7.11 Å². The average Bonchev–Trinajstić information content (AvgIpc) is 2.40. The zero-order valence-corrected chi connectivity index (χ0v) is 14.8. The Hall–Kier alpha value is -0.850. The van der Waals surface area contributed by atoms with Gasteiger partial charge in [-0.1, -0.05) is 6.92 Å². The molecule has 1 rings (SSSR count). The van der Waals surface area contributed by atoms with E-state index in [1.807, 2.05) is 27.7 Å². The van der Waals surface area contributed by atoms with E-state index in [4.69, 9.17) is 14.2 Å². The Morgan fingerprint density at radius 2 is 2.00 bits per heavy atom. The fourth-order valence-corrected chi connectivity index (χ4v) is 2.58. The fourth-order valence-electron chi connectivity index (χ4n) is 2.58. The van der Waals surface area contributed by atoms with Gasteiger partial charge in [-0.2, -0.15) is 0 Å². The van der Waals surface area contributed by atoms with E-state index in [9.17, 15) is 4.79 Å². The van der Waals surface area contributed by atoms with Gasteiger partial charge in [0.05, 0.1) is 24.8 Å². The van der Waals surface area contributed by atoms with Crippen LogP contribution in [0.25, 0.3) is 0 Å². The molecular weight excluding hydrogens is 284 g/mol. The first-order valence-corrected chi connectivity index (χ1v) is 8.16. The van der Waals surface area contributed by atoms with Gasteiger partial charge in [0, 0.05) is 19.8 Å². The number of rotatable bonds is 8. The molecule has 0 aliphatic heterocycles. The first-order valence-electron chi connectivity index (χ1n) is 8.16. The molecule has 0 bridgehead atoms. The maximum atomic E-state index is 11.9. The summed E-state index contributed by atoms with van der Waals surface area (Å²) in [6.45, 7) is 11.0. The molecule has 0 saturated heterocycles. The van der Waals surface area contributed by atoms with Crippen LogP contribution in [0.15, 0.2) is 0 Å². The summed E-state index contributed by atoms with van der Waals surface area (Å²) >= 11 is 0. The molecule has 4 unspecified atom stereocenters. The number of nitrogens with one attached hydrogen (secondary N) is 2. The zero-order valence-electron chi connectivity index (χ0n) is 14.8. The summed E-state index contributed by atoms with van der Waals surface area (Å²) < 4.78 is 16.3. The molecule has 6 heteroatoms. The second-order valence-electron chi connectivity index (χ2n) is 6.74. The van der Waals surface area contributed by atoms with Gasteiger partial charge < -0.3 is 24.8 Å². The van der Waals surface area contributed by atoms with Crippen molar-refractivity contribution in [1.82, 2.24) is 10.6 Å². The monoisotopic (exact) mass is 316 g/mol. The van der Waals surface area contributed by atoms with E-state index in [0.29, 0.717) is 13.2 Å². The van der Waals surface area contributed by atoms with Gasteiger partial charge >= 0.3 is 6.09 Å². The van der Waals surface area contributed by atoms with Gasteiger partial charge in [-0.05, 0) is 40.5 Å². The minimum Gasteiger partial charge on any atom is -0.444 e. The number of ether oxygens (including phenoxy) is 3. The molecule has 0 aromatic rings. The lowest BCUT2D eigenvalue weighted by atomic mass is 9.82. The molecule has 0 aromatic heterocycles. The lowest BCUT2D eigenvalue weighted by Gasteiger charge is -2.46. The molecule has 4 atom stereocenters. The van der Waals surface area contributed by atoms with Crippen molar-refractivity contribution in [2.45, 2.75) is 77.3 Å². The van der Waals surface area contributed by atoms with Gasteiger partial charge in [-0.25, -0.2) is 4.79 Å². The standard InChI is InChI=1S/C16H32N2O4/c1-7-11(10-20-6)17-14-12(9-13(14)21-8-2)18-15(19)22-16(3,4)5/h11-14,17H,7-10H2,1-6H3,(H,18,19). The Balaban J connectivity index is 2.56. The molecule has 1 aliphatic carbocycles. The zero-order chi connectivity index (χ0) is 16.8. The first-order chi connectivity index (χ1) is 10.3. The Morgan fingerprint density at radius 1 is 1.32 bits per heavy atom. The maximum absolute atomic E-state index is 11.9. The number of methoxy groups -OCH3 is 1. The molecule has 1 aliphatic rings. The highest BCUT2D eigenvalue weighted by molar-refractivity contribution is 5.68. The summed E-state index contributed by atoms with van der Waals surface area (Å²) in [6.07, 6.45) is 1.51. The van der Waals surface area contributed by atoms with Gasteiger partial charge in [0.2, 0.25) is 0 Å². The Labute approximate surface area is 134 Å². The van der Waals surface area contributed by atoms with Crippen molar-refractivity contribution in [3.8, 4) is 0 Å². The largest absolute Gasteiger partial charge is 0.444 e. The van der Waals surface area contributed by atoms with Crippen LogP contribution in [0.4, 0.5) is 4.79 Å². The van der Waals surface area contributed by atoms with Crippen LogP contribution in [0.1, 0.15) is 47.5 Å². The number of carbonyl (C=O) groups excluding carboxylic acids is 1. The Morgan fingerprint density at radius 3 is 2.50 bits per heavy atom. The topological polar surface area (TPSA) is 68.8 Å². The Kier molecular flexibility index (Phi) is 7.59. The molecule has 0 heterocycles. The van der Waals surface area contributed by atoms with Crippen LogP contribution in [-0.4, -0.2) is 56.2 Å². The van der Waals surface area contributed by atoms with Crippen molar-refractivity contribution in [2.75, 3.05) is 20.3 Å². The minimum atomic E-state index is -0.488. The highest BCUT2D eigenvalue weighted by Gasteiger charge is 2.43. The molecular formula is C16H32N2O4. The van der Waals surface area contributed by atoms with Crippen LogP contribution < -0.4 is 10.6 Å². The quantitative estimate of drug-likeness (QED) is 0.717. The fraction of sp³-hybridized carbons (Fsp3) is 0.938. The summed E-state index contributed by atoms with van der Waals surface area (Å²) in [5, 5.41) is 6.48. The van der Waals surface area contributed by atoms with Gasteiger partial charge in [0.1, 0.15) is 5.60 Å². The van der Waals surface area contributed by atoms with Crippen molar-refractivity contribution in [2.24, 2.45) is 0 Å². The van der Waals surface area contributed by atoms with Crippen LogP contribution in [-0.2, 0) is 14.2 Å². The molecule has 130 valence electrons. The molecule has 22 heavy (non-hydrogen) atoms. The molecule has 6 nitrogen and oxygen atoms in total. The third-order valence-corrected chi connectivity index (χ3v) is 3.69. The lowest BCUT2D eigenvalue weighted by Crippen LogP contribution is -2.68. The Bertz CT molecular complexity index is 344. The molecule has 1 saturated carbocycles. The minimum absolute atomic E-state index is 0.0253. The number of hydrogen-bond donors (Lipinski definition) is 2. The van der Waals surface area contributed by atoms with Crippen molar-refractivity contribution < 1.29 is 19.0 Å². The van der Waals surface area contributed by atoms with Crippen LogP contribution in [0.3, 0.4) is 0 Å². The predicted octanol–water partition coefficient (Wildman–Crippen LogP) is 2.07. The van der Waals surface area contributed by atoms with Crippen molar-refractivity contribution in [3.05, 3.63) is 0 Å². The smallest absolute Gasteiger partial charge is 0.407 e. The SMILES string of the molecule is CCOC1CC(NC(=O)OC(C)(C)C)C1NC(CC)COC. The first kappa shape index (κ1) is 19.2. The van der Waals surface area contributed by atoms with E-state index in [1.165, 1.54) is 0 Å². The normalized spacial score (nSPS) is 26.2. The molecule has 0 aromatic carbocycles. The molecule has 0 spiro atoms. The van der Waals surface area contributed by atoms with Crippen LogP contribution in [0, 0.1) is 0 Å². The van der Waals surface area contributed by atoms with Gasteiger partial charge in [-0.15, -0.1) is 0 Å². The maximum Gasteiger partial charge on any atom is 0.407 e. The number of carbonyl (C=O) groups is 1. The second kappa shape index (κ2) is 8.70. The molecule has 1 fully saturated rings. The van der Waals surface area contributed by atoms with Gasteiger partial charge in [0.15, 0.2) is 0 Å². The van der Waals surface area contributed by atoms with Crippen LogP contribution in [0.2, 0.25) is 0 Å². The summed E-state index contributed by atoms with van der Waals surface area (Å²) in [6, 6.07) is 0.367. The van der Waals surface area contributed by atoms with Gasteiger partial charge in [0.25, 0.3) is 0 Å². The van der Waals surface area contributed by atoms with Crippen molar-refractivity contribution in [1.29, 1.82) is 0 Å². The highest BCUT2D eigenvalue weighted by Crippen LogP contribution is 2.25. The van der Waals surface area contributed by atoms with Crippen LogP contribution >= 0.6 is 0 Å². The number of hydrogen-bond acceptors (Lipinski definition) is 5. The molecule has 0 radical (unpaired) electrons. The van der Waals surface area contributed by atoms with E-state index >= 15 is 0 Å². The summed E-state index contributed by atoms with van der Waals surface area (Å²) in [5.74, 6) is 0. The van der Waals surface area contributed by atoms with Crippen molar-refractivity contribution in [3.63, 3.8) is 0 Å². The highest BCUT2D eigenvalue weighted by atomic mass is 16.6. The summed E-state index contributed by atoms with van der Waals surface area (Å²) in [7, 11) is 1.70. The van der Waals surface area contributed by atoms with E-state index in [2.05, 4.69) is 17.6 Å². The summed E-state index contributed by atoms with van der Waals surface area (Å²) in [5.41, 5.74) is -0.488. The second-order valence-corrected chi connectivity index (χ2v) is 6.74. The van der Waals surface area contributed by atoms with E-state index in [-0.39, 0.29) is 30.3 Å². The number of amides is 1.